The van der Waals surface area contributed by atoms with Crippen LogP contribution in [0.25, 0.3) is 6.08 Å². The van der Waals surface area contributed by atoms with Gasteiger partial charge in [-0.1, -0.05) is 35.6 Å². The number of anilines is 1. The Kier molecular flexibility index (Phi) is 7.36. The van der Waals surface area contributed by atoms with Gasteiger partial charge in [-0.25, -0.2) is 0 Å². The van der Waals surface area contributed by atoms with E-state index in [1.54, 1.807) is 49.6 Å². The Morgan fingerprint density at radius 2 is 2.03 bits per heavy atom. The molecule has 3 rings (SSSR count). The number of phenolic OH excluding ortho intramolecular Hbond substituents is 1. The predicted molar refractivity (Wildman–Crippen MR) is 124 cm³/mol. The SMILES string of the molecule is COc1ccc(NC(=O)CCCN2C(=O)/C(=C/c3cc(Cl)ccc3O)SC2=S)cc1. The second-order valence-electron chi connectivity index (χ2n) is 6.42. The number of methoxy groups -OCH3 is 1. The number of rotatable bonds is 7. The summed E-state index contributed by atoms with van der Waals surface area (Å²) in [6, 6.07) is 11.7. The summed E-state index contributed by atoms with van der Waals surface area (Å²) in [5.74, 6) is 0.339. The summed E-state index contributed by atoms with van der Waals surface area (Å²) in [4.78, 5) is 26.7. The minimum Gasteiger partial charge on any atom is -0.507 e. The molecule has 2 amide bonds. The van der Waals surface area contributed by atoms with E-state index in [0.717, 1.165) is 11.8 Å². The molecule has 1 aliphatic heterocycles. The lowest BCUT2D eigenvalue weighted by Gasteiger charge is -2.14. The molecule has 0 unspecified atom stereocenters. The molecule has 0 spiro atoms. The van der Waals surface area contributed by atoms with Crippen molar-refractivity contribution < 1.29 is 19.4 Å². The van der Waals surface area contributed by atoms with Crippen LogP contribution >= 0.6 is 35.6 Å². The second kappa shape index (κ2) is 9.97. The average molecular weight is 463 g/mol. The van der Waals surface area contributed by atoms with Crippen LogP contribution in [0.1, 0.15) is 18.4 Å². The molecule has 1 heterocycles. The van der Waals surface area contributed by atoms with Crippen molar-refractivity contribution in [1.82, 2.24) is 4.90 Å². The van der Waals surface area contributed by atoms with Crippen molar-refractivity contribution >= 4 is 63.5 Å². The normalized spacial score (nSPS) is 15.0. The fourth-order valence-electron chi connectivity index (χ4n) is 2.77. The Bertz CT molecular complexity index is 1010. The zero-order chi connectivity index (χ0) is 21.7. The molecule has 0 atom stereocenters. The van der Waals surface area contributed by atoms with Crippen LogP contribution in [0.5, 0.6) is 11.5 Å². The Balaban J connectivity index is 1.54. The van der Waals surface area contributed by atoms with Crippen LogP contribution in [-0.2, 0) is 9.59 Å². The highest BCUT2D eigenvalue weighted by atomic mass is 35.5. The number of hydrogen-bond acceptors (Lipinski definition) is 6. The number of ether oxygens (including phenoxy) is 1. The standard InChI is InChI=1S/C21H19ClN2O4S2/c1-28-16-7-5-15(6-8-16)23-19(26)3-2-10-24-20(27)18(30-21(24)29)12-13-11-14(22)4-9-17(13)25/h4-9,11-12,25H,2-3,10H2,1H3,(H,23,26)/b18-12-. The Labute approximate surface area is 188 Å². The summed E-state index contributed by atoms with van der Waals surface area (Å²) in [5.41, 5.74) is 1.12. The number of carbonyl (C=O) groups excluding carboxylic acids is 2. The first kappa shape index (κ1) is 22.1. The fourth-order valence-corrected chi connectivity index (χ4v) is 4.25. The molecule has 0 aromatic heterocycles. The van der Waals surface area contributed by atoms with E-state index in [4.69, 9.17) is 28.6 Å². The maximum absolute atomic E-state index is 12.7. The van der Waals surface area contributed by atoms with Crippen LogP contribution in [0.2, 0.25) is 5.02 Å². The number of thioether (sulfide) groups is 1. The van der Waals surface area contributed by atoms with Gasteiger partial charge in [-0.15, -0.1) is 0 Å². The first-order valence-corrected chi connectivity index (χ1v) is 10.7. The molecule has 2 aromatic rings. The van der Waals surface area contributed by atoms with Crippen LogP contribution in [0.3, 0.4) is 0 Å². The largest absolute Gasteiger partial charge is 0.507 e. The van der Waals surface area contributed by atoms with Crippen molar-refractivity contribution in [3.63, 3.8) is 0 Å². The van der Waals surface area contributed by atoms with E-state index in [9.17, 15) is 14.7 Å². The zero-order valence-electron chi connectivity index (χ0n) is 16.1. The molecule has 1 aliphatic rings. The van der Waals surface area contributed by atoms with Crippen molar-refractivity contribution in [1.29, 1.82) is 0 Å². The molecule has 0 aliphatic carbocycles. The van der Waals surface area contributed by atoms with Crippen molar-refractivity contribution in [2.24, 2.45) is 0 Å². The molecule has 0 bridgehead atoms. The zero-order valence-corrected chi connectivity index (χ0v) is 18.4. The van der Waals surface area contributed by atoms with Gasteiger partial charge in [0.1, 0.15) is 15.8 Å². The van der Waals surface area contributed by atoms with E-state index in [1.165, 1.54) is 11.0 Å². The molecule has 6 nitrogen and oxygen atoms in total. The fraction of sp³-hybridized carbons (Fsp3) is 0.190. The monoisotopic (exact) mass is 462 g/mol. The number of thiocarbonyl (C=S) groups is 1. The lowest BCUT2D eigenvalue weighted by atomic mass is 10.2. The number of nitrogens with one attached hydrogen (secondary N) is 1. The van der Waals surface area contributed by atoms with Crippen molar-refractivity contribution in [2.45, 2.75) is 12.8 Å². The Morgan fingerprint density at radius 3 is 2.73 bits per heavy atom. The van der Waals surface area contributed by atoms with Crippen molar-refractivity contribution in [3.8, 4) is 11.5 Å². The van der Waals surface area contributed by atoms with E-state index >= 15 is 0 Å². The van der Waals surface area contributed by atoms with Crippen LogP contribution in [0, 0.1) is 0 Å². The summed E-state index contributed by atoms with van der Waals surface area (Å²) >= 11 is 12.4. The molecule has 1 saturated heterocycles. The molecule has 30 heavy (non-hydrogen) atoms. The highest BCUT2D eigenvalue weighted by Gasteiger charge is 2.31. The maximum atomic E-state index is 12.7. The molecule has 2 N–H and O–H groups in total. The lowest BCUT2D eigenvalue weighted by molar-refractivity contribution is -0.122. The van der Waals surface area contributed by atoms with Gasteiger partial charge in [0.2, 0.25) is 5.91 Å². The van der Waals surface area contributed by atoms with Gasteiger partial charge < -0.3 is 15.2 Å². The average Bonchev–Trinajstić information content (AvgIpc) is 2.98. The Morgan fingerprint density at radius 1 is 1.30 bits per heavy atom. The number of nitrogens with zero attached hydrogens (tertiary/aromatic N) is 1. The topological polar surface area (TPSA) is 78.9 Å². The number of hydrogen-bond donors (Lipinski definition) is 2. The summed E-state index contributed by atoms with van der Waals surface area (Å²) in [6.07, 6.45) is 2.28. The first-order chi connectivity index (χ1) is 14.4. The molecule has 9 heteroatoms. The molecule has 0 radical (unpaired) electrons. The maximum Gasteiger partial charge on any atom is 0.266 e. The molecule has 0 saturated carbocycles. The van der Waals surface area contributed by atoms with E-state index in [0.29, 0.717) is 44.2 Å². The number of halogens is 1. The number of phenols is 1. The van der Waals surface area contributed by atoms with Crippen LogP contribution in [0.4, 0.5) is 5.69 Å². The molecule has 2 aromatic carbocycles. The second-order valence-corrected chi connectivity index (χ2v) is 8.53. The first-order valence-electron chi connectivity index (χ1n) is 9.05. The quantitative estimate of drug-likeness (QED) is 0.459. The number of aromatic hydroxyl groups is 1. The number of benzene rings is 2. The molecule has 156 valence electrons. The highest BCUT2D eigenvalue weighted by Crippen LogP contribution is 2.34. The summed E-state index contributed by atoms with van der Waals surface area (Å²) < 4.78 is 5.51. The van der Waals surface area contributed by atoms with E-state index < -0.39 is 0 Å². The van der Waals surface area contributed by atoms with Gasteiger partial charge in [0.25, 0.3) is 5.91 Å². The van der Waals surface area contributed by atoms with Gasteiger partial charge >= 0.3 is 0 Å². The summed E-state index contributed by atoms with van der Waals surface area (Å²) in [5, 5.41) is 13.2. The molecular formula is C21H19ClN2O4S2. The van der Waals surface area contributed by atoms with Gasteiger partial charge in [-0.2, -0.15) is 0 Å². The van der Waals surface area contributed by atoms with Gasteiger partial charge in [0, 0.05) is 29.2 Å². The van der Waals surface area contributed by atoms with Gasteiger partial charge in [0.15, 0.2) is 0 Å². The lowest BCUT2D eigenvalue weighted by Crippen LogP contribution is -2.29. The van der Waals surface area contributed by atoms with E-state index in [2.05, 4.69) is 5.32 Å². The van der Waals surface area contributed by atoms with Gasteiger partial charge in [-0.05, 0) is 55.0 Å². The smallest absolute Gasteiger partial charge is 0.266 e. The number of carbonyl (C=O) groups is 2. The molecular weight excluding hydrogens is 444 g/mol. The number of amides is 2. The van der Waals surface area contributed by atoms with Crippen molar-refractivity contribution in [2.75, 3.05) is 19.0 Å². The Hall–Kier alpha value is -2.55. The summed E-state index contributed by atoms with van der Waals surface area (Å²) in [6.45, 7) is 0.333. The van der Waals surface area contributed by atoms with Crippen LogP contribution < -0.4 is 10.1 Å². The minimum atomic E-state index is -0.250. The molecule has 1 fully saturated rings. The van der Waals surface area contributed by atoms with Gasteiger partial charge in [0.05, 0.1) is 12.0 Å². The highest BCUT2D eigenvalue weighted by molar-refractivity contribution is 8.26. The minimum absolute atomic E-state index is 0.0277. The van der Waals surface area contributed by atoms with Gasteiger partial charge in [-0.3, -0.25) is 14.5 Å². The third kappa shape index (κ3) is 5.53. The van der Waals surface area contributed by atoms with Crippen LogP contribution in [0.15, 0.2) is 47.4 Å². The van der Waals surface area contributed by atoms with E-state index in [-0.39, 0.29) is 24.0 Å². The van der Waals surface area contributed by atoms with Crippen molar-refractivity contribution in [3.05, 3.63) is 58.0 Å². The predicted octanol–water partition coefficient (Wildman–Crippen LogP) is 4.67. The summed E-state index contributed by atoms with van der Waals surface area (Å²) in [7, 11) is 1.58. The van der Waals surface area contributed by atoms with Crippen LogP contribution in [-0.4, -0.2) is 39.8 Å². The van der Waals surface area contributed by atoms with E-state index in [1.807, 2.05) is 0 Å². The third-order valence-corrected chi connectivity index (χ3v) is 5.92. The third-order valence-electron chi connectivity index (χ3n) is 4.31.